The van der Waals surface area contributed by atoms with Crippen LogP contribution in [0, 0.1) is 0 Å². The first-order valence-corrected chi connectivity index (χ1v) is 11.3. The quantitative estimate of drug-likeness (QED) is 0.313. The second kappa shape index (κ2) is 10.4. The van der Waals surface area contributed by atoms with Crippen molar-refractivity contribution in [3.8, 4) is 17.2 Å². The molecule has 4 rings (SSSR count). The van der Waals surface area contributed by atoms with Gasteiger partial charge in [0.1, 0.15) is 30.0 Å². The van der Waals surface area contributed by atoms with E-state index in [1.807, 2.05) is 42.5 Å². The van der Waals surface area contributed by atoms with Gasteiger partial charge < -0.3 is 28.8 Å². The zero-order valence-corrected chi connectivity index (χ0v) is 19.0. The fourth-order valence-corrected chi connectivity index (χ4v) is 3.77. The fourth-order valence-electron chi connectivity index (χ4n) is 3.77. The van der Waals surface area contributed by atoms with E-state index in [1.165, 1.54) is 0 Å². The molecule has 1 heterocycles. The Bertz CT molecular complexity index is 1050. The Morgan fingerprint density at radius 3 is 2.31 bits per heavy atom. The van der Waals surface area contributed by atoms with Crippen LogP contribution >= 0.6 is 0 Å². The summed E-state index contributed by atoms with van der Waals surface area (Å²) in [5.41, 5.74) is 0. The highest BCUT2D eigenvalue weighted by molar-refractivity contribution is 6.11. The lowest BCUT2D eigenvalue weighted by atomic mass is 10.0. The molecule has 3 aromatic rings. The van der Waals surface area contributed by atoms with Crippen LogP contribution in [0.4, 0.5) is 0 Å². The number of benzene rings is 3. The van der Waals surface area contributed by atoms with Crippen LogP contribution in [0.2, 0.25) is 0 Å². The highest BCUT2D eigenvalue weighted by atomic mass is 16.6. The van der Waals surface area contributed by atoms with Gasteiger partial charge in [0.05, 0.1) is 39.1 Å². The van der Waals surface area contributed by atoms with E-state index in [9.17, 15) is 5.11 Å². The molecule has 0 spiro atoms. The van der Waals surface area contributed by atoms with Gasteiger partial charge in [0, 0.05) is 21.5 Å². The summed E-state index contributed by atoms with van der Waals surface area (Å²) < 4.78 is 29.0. The lowest BCUT2D eigenvalue weighted by Gasteiger charge is -2.22. The Labute approximate surface area is 189 Å². The summed E-state index contributed by atoms with van der Waals surface area (Å²) in [5.74, 6) is 1.66. The number of rotatable bonds is 12. The molecule has 3 atom stereocenters. The zero-order chi connectivity index (χ0) is 22.5. The number of aromatic hydroxyl groups is 1. The molecule has 3 aromatic carbocycles. The van der Waals surface area contributed by atoms with E-state index in [1.54, 1.807) is 7.11 Å². The van der Waals surface area contributed by atoms with Crippen LogP contribution in [0.3, 0.4) is 0 Å². The van der Waals surface area contributed by atoms with Gasteiger partial charge in [-0.2, -0.15) is 0 Å². The average molecular weight is 441 g/mol. The first kappa shape index (κ1) is 22.6. The molecule has 6 nitrogen and oxygen atoms in total. The number of hydrogen-bond acceptors (Lipinski definition) is 6. The predicted octanol–water partition coefficient (Wildman–Crippen LogP) is 5.08. The molecule has 0 amide bonds. The third kappa shape index (κ3) is 5.09. The van der Waals surface area contributed by atoms with Crippen LogP contribution in [-0.4, -0.2) is 57.0 Å². The number of hydrogen-bond donors (Lipinski definition) is 1. The molecule has 3 unspecified atom stereocenters. The van der Waals surface area contributed by atoms with Crippen LogP contribution < -0.4 is 9.47 Å². The maximum absolute atomic E-state index is 10.9. The van der Waals surface area contributed by atoms with E-state index in [0.29, 0.717) is 31.0 Å². The first-order chi connectivity index (χ1) is 15.6. The number of epoxide rings is 1. The molecule has 1 fully saturated rings. The molecule has 0 saturated carbocycles. The molecule has 0 radical (unpaired) electrons. The van der Waals surface area contributed by atoms with Gasteiger partial charge in [0.15, 0.2) is 0 Å². The normalized spacial score (nSPS) is 17.4. The van der Waals surface area contributed by atoms with Gasteiger partial charge in [-0.15, -0.1) is 0 Å². The number of fused-ring (bicyclic) bond motifs is 2. The molecule has 0 bridgehead atoms. The van der Waals surface area contributed by atoms with Gasteiger partial charge in [-0.3, -0.25) is 0 Å². The second-order valence-electron chi connectivity index (χ2n) is 8.13. The minimum absolute atomic E-state index is 0.0519. The van der Waals surface area contributed by atoms with Crippen molar-refractivity contribution >= 4 is 21.5 Å². The van der Waals surface area contributed by atoms with Crippen molar-refractivity contribution in [1.29, 1.82) is 0 Å². The van der Waals surface area contributed by atoms with Gasteiger partial charge in [-0.05, 0) is 31.0 Å². The van der Waals surface area contributed by atoms with Crippen molar-refractivity contribution in [2.75, 3.05) is 33.5 Å². The second-order valence-corrected chi connectivity index (χ2v) is 8.13. The smallest absolute Gasteiger partial charge is 0.135 e. The van der Waals surface area contributed by atoms with E-state index in [0.717, 1.165) is 41.4 Å². The van der Waals surface area contributed by atoms with E-state index in [2.05, 4.69) is 13.8 Å². The minimum Gasteiger partial charge on any atom is -0.507 e. The molecule has 1 N–H and O–H groups in total. The highest BCUT2D eigenvalue weighted by Crippen LogP contribution is 2.43. The van der Waals surface area contributed by atoms with Crippen LogP contribution in [0.5, 0.6) is 17.2 Å². The van der Waals surface area contributed by atoms with Gasteiger partial charge >= 0.3 is 0 Å². The fraction of sp³-hybridized carbons (Fsp3) is 0.462. The van der Waals surface area contributed by atoms with Gasteiger partial charge in [-0.25, -0.2) is 0 Å². The first-order valence-electron chi connectivity index (χ1n) is 11.3. The van der Waals surface area contributed by atoms with Gasteiger partial charge in [0.25, 0.3) is 0 Å². The van der Waals surface area contributed by atoms with Crippen molar-refractivity contribution < 1.29 is 28.8 Å². The van der Waals surface area contributed by atoms with E-state index < -0.39 is 0 Å². The summed E-state index contributed by atoms with van der Waals surface area (Å²) >= 11 is 0. The van der Waals surface area contributed by atoms with Crippen molar-refractivity contribution in [2.24, 2.45) is 0 Å². The molecule has 1 aliphatic rings. The lowest BCUT2D eigenvalue weighted by Crippen LogP contribution is -2.28. The third-order valence-corrected chi connectivity index (χ3v) is 5.92. The number of ether oxygens (including phenoxy) is 5. The maximum atomic E-state index is 10.9. The average Bonchev–Trinajstić information content (AvgIpc) is 3.67. The molecule has 1 aliphatic heterocycles. The molecule has 0 aliphatic carbocycles. The zero-order valence-electron chi connectivity index (χ0n) is 19.0. The van der Waals surface area contributed by atoms with Crippen molar-refractivity contribution in [2.45, 2.75) is 45.0 Å². The van der Waals surface area contributed by atoms with Crippen molar-refractivity contribution in [3.05, 3.63) is 42.5 Å². The summed E-state index contributed by atoms with van der Waals surface area (Å²) in [7, 11) is 1.62. The van der Waals surface area contributed by atoms with E-state index in [-0.39, 0.29) is 24.1 Å². The Morgan fingerprint density at radius 2 is 1.62 bits per heavy atom. The predicted molar refractivity (Wildman–Crippen MR) is 125 cm³/mol. The summed E-state index contributed by atoms with van der Waals surface area (Å²) in [4.78, 5) is 0. The Balaban J connectivity index is 1.52. The van der Waals surface area contributed by atoms with Crippen LogP contribution in [0.1, 0.15) is 26.7 Å². The number of phenols is 1. The molecular formula is C26H32O6. The van der Waals surface area contributed by atoms with Crippen LogP contribution in [-0.2, 0) is 14.2 Å². The molecule has 0 aromatic heterocycles. The molecule has 172 valence electrons. The molecular weight excluding hydrogens is 408 g/mol. The SMILES string of the molecule is CCC(COc1c2ccccc2c(O)c2cc(OC)ccc12)OCC(CC)OCC1CO1. The highest BCUT2D eigenvalue weighted by Gasteiger charge is 2.24. The van der Waals surface area contributed by atoms with E-state index in [4.69, 9.17) is 23.7 Å². The summed E-state index contributed by atoms with van der Waals surface area (Å²) in [6.45, 7) is 6.55. The van der Waals surface area contributed by atoms with Gasteiger partial charge in [0.2, 0.25) is 0 Å². The van der Waals surface area contributed by atoms with Crippen LogP contribution in [0.15, 0.2) is 42.5 Å². The standard InChI is InChI=1S/C26H32O6/c1-4-17(30-15-20-16-31-20)13-29-18(5-2)14-32-26-22-9-7-6-8-21(22)25(27)24-12-19(28-3)10-11-23(24)26/h6-12,17-18,20,27H,4-5,13-16H2,1-3H3. The molecule has 6 heteroatoms. The summed E-state index contributed by atoms with van der Waals surface area (Å²) in [6.07, 6.45) is 1.95. The Hall–Kier alpha value is -2.54. The largest absolute Gasteiger partial charge is 0.507 e. The summed E-state index contributed by atoms with van der Waals surface area (Å²) in [6, 6.07) is 13.4. The van der Waals surface area contributed by atoms with Crippen molar-refractivity contribution in [1.82, 2.24) is 0 Å². The minimum atomic E-state index is -0.0642. The van der Waals surface area contributed by atoms with E-state index >= 15 is 0 Å². The van der Waals surface area contributed by atoms with Gasteiger partial charge in [-0.1, -0.05) is 38.1 Å². The Kier molecular flexibility index (Phi) is 7.35. The Morgan fingerprint density at radius 1 is 0.938 bits per heavy atom. The monoisotopic (exact) mass is 440 g/mol. The van der Waals surface area contributed by atoms with Crippen molar-refractivity contribution in [3.63, 3.8) is 0 Å². The molecule has 1 saturated heterocycles. The van der Waals surface area contributed by atoms with Crippen LogP contribution in [0.25, 0.3) is 21.5 Å². The third-order valence-electron chi connectivity index (χ3n) is 5.92. The lowest BCUT2D eigenvalue weighted by molar-refractivity contribution is -0.0593. The number of phenolic OH excluding ortho intramolecular Hbond substituents is 1. The molecule has 32 heavy (non-hydrogen) atoms. The topological polar surface area (TPSA) is 69.7 Å². The summed E-state index contributed by atoms with van der Waals surface area (Å²) in [5, 5.41) is 14.1. The maximum Gasteiger partial charge on any atom is 0.135 e. The number of methoxy groups -OCH3 is 1.